The van der Waals surface area contributed by atoms with Gasteiger partial charge in [0.15, 0.2) is 5.13 Å². The Morgan fingerprint density at radius 1 is 1.27 bits per heavy atom. The molecule has 116 valence electrons. The highest BCUT2D eigenvalue weighted by atomic mass is 32.1. The molecule has 2 aromatic rings. The van der Waals surface area contributed by atoms with Gasteiger partial charge in [-0.3, -0.25) is 10.1 Å². The summed E-state index contributed by atoms with van der Waals surface area (Å²) in [5.41, 5.74) is 2.17. The molecule has 0 spiro atoms. The topological polar surface area (TPSA) is 42.0 Å². The van der Waals surface area contributed by atoms with Gasteiger partial charge in [-0.15, -0.1) is 11.3 Å². The van der Waals surface area contributed by atoms with Crippen LogP contribution in [0, 0.1) is 11.3 Å². The zero-order valence-electron chi connectivity index (χ0n) is 13.3. The molecule has 1 heterocycles. The molecule has 1 aliphatic carbocycles. The van der Waals surface area contributed by atoms with Gasteiger partial charge in [-0.25, -0.2) is 4.98 Å². The fourth-order valence-electron chi connectivity index (χ4n) is 2.93. The molecular weight excluding hydrogens is 292 g/mol. The zero-order chi connectivity index (χ0) is 15.7. The van der Waals surface area contributed by atoms with Crippen LogP contribution >= 0.6 is 11.3 Å². The molecule has 1 amide bonds. The third-order valence-electron chi connectivity index (χ3n) is 4.42. The largest absolute Gasteiger partial charge is 0.298 e. The second-order valence-electron chi connectivity index (χ2n) is 7.01. The maximum atomic E-state index is 12.2. The Morgan fingerprint density at radius 3 is 2.68 bits per heavy atom. The van der Waals surface area contributed by atoms with Crippen LogP contribution in [0.1, 0.15) is 48.1 Å². The number of nitrogens with one attached hydrogen (secondary N) is 1. The molecule has 1 aromatic carbocycles. The zero-order valence-corrected chi connectivity index (χ0v) is 14.2. The van der Waals surface area contributed by atoms with Crippen LogP contribution in [0.4, 0.5) is 5.13 Å². The smallest absolute Gasteiger partial charge is 0.257 e. The number of thiazole rings is 1. The predicted molar refractivity (Wildman–Crippen MR) is 91.5 cm³/mol. The molecule has 0 saturated heterocycles. The highest BCUT2D eigenvalue weighted by Crippen LogP contribution is 2.40. The lowest BCUT2D eigenvalue weighted by Gasteiger charge is -2.33. The van der Waals surface area contributed by atoms with Crippen LogP contribution in [0.5, 0.6) is 0 Å². The van der Waals surface area contributed by atoms with Gasteiger partial charge in [-0.1, -0.05) is 39.0 Å². The van der Waals surface area contributed by atoms with Gasteiger partial charge >= 0.3 is 0 Å². The van der Waals surface area contributed by atoms with Crippen molar-refractivity contribution in [2.75, 3.05) is 5.32 Å². The summed E-state index contributed by atoms with van der Waals surface area (Å²) >= 11 is 1.64. The van der Waals surface area contributed by atoms with Crippen LogP contribution in [0.2, 0.25) is 0 Å². The molecule has 3 rings (SSSR count). The highest BCUT2D eigenvalue weighted by Gasteiger charge is 2.30. The Kier molecular flexibility index (Phi) is 4.04. The summed E-state index contributed by atoms with van der Waals surface area (Å²) in [5.74, 6) is 0.609. The molecule has 1 atom stereocenters. The van der Waals surface area contributed by atoms with Crippen LogP contribution in [0.3, 0.4) is 0 Å². The maximum absolute atomic E-state index is 12.2. The first kappa shape index (κ1) is 15.2. The first-order chi connectivity index (χ1) is 10.4. The summed E-state index contributed by atoms with van der Waals surface area (Å²) in [5, 5.41) is 3.67. The molecule has 4 heteroatoms. The number of hydrogen-bond acceptors (Lipinski definition) is 3. The van der Waals surface area contributed by atoms with Crippen molar-refractivity contribution in [2.45, 2.75) is 40.0 Å². The number of aromatic nitrogens is 1. The van der Waals surface area contributed by atoms with E-state index in [0.29, 0.717) is 16.9 Å². The van der Waals surface area contributed by atoms with E-state index in [-0.39, 0.29) is 5.91 Å². The maximum Gasteiger partial charge on any atom is 0.257 e. The number of carbonyl (C=O) groups is 1. The molecule has 0 saturated carbocycles. The van der Waals surface area contributed by atoms with Crippen LogP contribution in [-0.2, 0) is 12.8 Å². The SMILES string of the molecule is CC(C)(C)C1CCc2nc(NC(=O)c3ccccc3)sc2C1. The van der Waals surface area contributed by atoms with Crippen LogP contribution in [-0.4, -0.2) is 10.9 Å². The predicted octanol–water partition coefficient (Wildman–Crippen LogP) is 4.55. The Balaban J connectivity index is 1.73. The normalized spacial score (nSPS) is 17.9. The van der Waals surface area contributed by atoms with E-state index in [0.717, 1.165) is 18.0 Å². The Labute approximate surface area is 135 Å². The Bertz CT molecular complexity index is 670. The molecule has 1 unspecified atom stereocenters. The summed E-state index contributed by atoms with van der Waals surface area (Å²) in [6.45, 7) is 6.92. The van der Waals surface area contributed by atoms with Crippen molar-refractivity contribution in [1.82, 2.24) is 4.98 Å². The number of aryl methyl sites for hydroxylation is 1. The van der Waals surface area contributed by atoms with E-state index >= 15 is 0 Å². The molecule has 0 bridgehead atoms. The van der Waals surface area contributed by atoms with Crippen molar-refractivity contribution in [3.63, 3.8) is 0 Å². The molecule has 1 aromatic heterocycles. The monoisotopic (exact) mass is 314 g/mol. The highest BCUT2D eigenvalue weighted by molar-refractivity contribution is 7.15. The number of fused-ring (bicyclic) bond motifs is 1. The van der Waals surface area contributed by atoms with Crippen molar-refractivity contribution in [1.29, 1.82) is 0 Å². The van der Waals surface area contributed by atoms with Crippen LogP contribution in [0.25, 0.3) is 0 Å². The van der Waals surface area contributed by atoms with Crippen molar-refractivity contribution in [2.24, 2.45) is 11.3 Å². The average Bonchev–Trinajstić information content (AvgIpc) is 2.88. The van der Waals surface area contributed by atoms with E-state index in [2.05, 4.69) is 31.1 Å². The summed E-state index contributed by atoms with van der Waals surface area (Å²) in [4.78, 5) is 18.2. The quantitative estimate of drug-likeness (QED) is 0.884. The number of nitrogens with zero attached hydrogens (tertiary/aromatic N) is 1. The first-order valence-corrected chi connectivity index (χ1v) is 8.60. The van der Waals surface area contributed by atoms with E-state index in [1.807, 2.05) is 30.3 Å². The summed E-state index contributed by atoms with van der Waals surface area (Å²) in [6.07, 6.45) is 3.29. The van der Waals surface area contributed by atoms with E-state index in [9.17, 15) is 4.79 Å². The Hall–Kier alpha value is -1.68. The summed E-state index contributed by atoms with van der Waals surface area (Å²) in [7, 11) is 0. The van der Waals surface area contributed by atoms with Crippen molar-refractivity contribution < 1.29 is 4.79 Å². The van der Waals surface area contributed by atoms with Crippen molar-refractivity contribution >= 4 is 22.4 Å². The number of benzene rings is 1. The van der Waals surface area contributed by atoms with E-state index in [4.69, 9.17) is 0 Å². The molecule has 0 aliphatic heterocycles. The number of rotatable bonds is 2. The van der Waals surface area contributed by atoms with Crippen molar-refractivity contribution in [3.8, 4) is 0 Å². The third-order valence-corrected chi connectivity index (χ3v) is 5.46. The minimum atomic E-state index is -0.0842. The second kappa shape index (κ2) is 5.84. The summed E-state index contributed by atoms with van der Waals surface area (Å²) < 4.78 is 0. The fourth-order valence-corrected chi connectivity index (χ4v) is 4.01. The van der Waals surface area contributed by atoms with Gasteiger partial charge in [0.05, 0.1) is 5.69 Å². The lowest BCUT2D eigenvalue weighted by molar-refractivity contribution is 0.102. The van der Waals surface area contributed by atoms with Crippen molar-refractivity contribution in [3.05, 3.63) is 46.5 Å². The van der Waals surface area contributed by atoms with Gasteiger partial charge in [0, 0.05) is 10.4 Å². The van der Waals surface area contributed by atoms with Gasteiger partial charge < -0.3 is 0 Å². The molecule has 0 radical (unpaired) electrons. The van der Waals surface area contributed by atoms with Crippen LogP contribution in [0.15, 0.2) is 30.3 Å². The average molecular weight is 314 g/mol. The van der Waals surface area contributed by atoms with Gasteiger partial charge in [-0.2, -0.15) is 0 Å². The summed E-state index contributed by atoms with van der Waals surface area (Å²) in [6, 6.07) is 9.29. The minimum absolute atomic E-state index is 0.0842. The molecule has 1 N–H and O–H groups in total. The van der Waals surface area contributed by atoms with Gasteiger partial charge in [0.25, 0.3) is 5.91 Å². The minimum Gasteiger partial charge on any atom is -0.298 e. The first-order valence-electron chi connectivity index (χ1n) is 7.78. The van der Waals surface area contributed by atoms with E-state index in [1.165, 1.54) is 17.0 Å². The van der Waals surface area contributed by atoms with Gasteiger partial charge in [0.1, 0.15) is 0 Å². The number of hydrogen-bond donors (Lipinski definition) is 1. The molecule has 1 aliphatic rings. The Morgan fingerprint density at radius 2 is 2.00 bits per heavy atom. The third kappa shape index (κ3) is 3.22. The number of anilines is 1. The number of amides is 1. The van der Waals surface area contributed by atoms with Gasteiger partial charge in [0.2, 0.25) is 0 Å². The molecule has 0 fully saturated rings. The van der Waals surface area contributed by atoms with E-state index in [1.54, 1.807) is 11.3 Å². The second-order valence-corrected chi connectivity index (χ2v) is 8.10. The van der Waals surface area contributed by atoms with E-state index < -0.39 is 0 Å². The lowest BCUT2D eigenvalue weighted by Crippen LogP contribution is -2.26. The lowest BCUT2D eigenvalue weighted by atomic mass is 9.73. The fraction of sp³-hybridized carbons (Fsp3) is 0.444. The molecule has 22 heavy (non-hydrogen) atoms. The molecular formula is C18H22N2OS. The number of carbonyl (C=O) groups excluding carboxylic acids is 1. The van der Waals surface area contributed by atoms with Crippen LogP contribution < -0.4 is 5.32 Å². The standard InChI is InChI=1S/C18H22N2OS/c1-18(2,3)13-9-10-14-15(11-13)22-17(19-14)20-16(21)12-7-5-4-6-8-12/h4-8,13H,9-11H2,1-3H3,(H,19,20,21). The molecule has 3 nitrogen and oxygen atoms in total. The van der Waals surface area contributed by atoms with Gasteiger partial charge in [-0.05, 0) is 42.7 Å².